The molecule has 0 spiro atoms. The minimum atomic E-state index is -0.937. The van der Waals surface area contributed by atoms with Crippen molar-refractivity contribution in [3.8, 4) is 0 Å². The van der Waals surface area contributed by atoms with Gasteiger partial charge in [0.15, 0.2) is 0 Å². The number of carbonyl (C=O) groups is 5. The number of Topliss-reactive ketones (excluding diaryl/α,β-unsaturated/α-hetero) is 4. The predicted octanol–water partition coefficient (Wildman–Crippen LogP) is 2.51. The van der Waals surface area contributed by atoms with E-state index in [9.17, 15) is 24.0 Å². The van der Waals surface area contributed by atoms with Gasteiger partial charge in [-0.25, -0.2) is 0 Å². The molecule has 0 saturated carbocycles. The highest BCUT2D eigenvalue weighted by Gasteiger charge is 2.36. The molecule has 0 aliphatic rings. The summed E-state index contributed by atoms with van der Waals surface area (Å²) in [5, 5.41) is 8.57. The van der Waals surface area contributed by atoms with Gasteiger partial charge < -0.3 is 19.5 Å². The van der Waals surface area contributed by atoms with Gasteiger partial charge in [0.25, 0.3) is 0 Å². The number of rotatable bonds is 13. The van der Waals surface area contributed by atoms with Crippen LogP contribution in [-0.4, -0.2) is 34.2 Å². The van der Waals surface area contributed by atoms with E-state index in [1.807, 2.05) is 0 Å². The average molecular weight is 326 g/mol. The first-order valence-electron chi connectivity index (χ1n) is 7.78. The number of carboxylic acids is 1. The van der Waals surface area contributed by atoms with E-state index in [0.717, 1.165) is 0 Å². The summed E-state index contributed by atoms with van der Waals surface area (Å²) in [6.07, 6.45) is 1.11. The monoisotopic (exact) mass is 326 g/mol. The van der Waals surface area contributed by atoms with Crippen LogP contribution < -0.4 is 0 Å². The van der Waals surface area contributed by atoms with Crippen molar-refractivity contribution in [3.05, 3.63) is 0 Å². The SMILES string of the molecule is CC(=O)CC(CC(C)=O)(CC(C)=O)CC(=O)CCCCC(=O)O. The van der Waals surface area contributed by atoms with Crippen LogP contribution in [0.4, 0.5) is 0 Å². The molecule has 0 rings (SSSR count). The fourth-order valence-electron chi connectivity index (χ4n) is 3.06. The lowest BCUT2D eigenvalue weighted by Gasteiger charge is -2.30. The lowest BCUT2D eigenvalue weighted by Crippen LogP contribution is -2.31. The Morgan fingerprint density at radius 3 is 1.43 bits per heavy atom. The Morgan fingerprint density at radius 2 is 1.09 bits per heavy atom. The topological polar surface area (TPSA) is 106 Å². The van der Waals surface area contributed by atoms with Crippen molar-refractivity contribution >= 4 is 29.1 Å². The Hall–Kier alpha value is -1.85. The van der Waals surface area contributed by atoms with E-state index in [-0.39, 0.29) is 61.7 Å². The number of carboxylic acid groups (broad SMARTS) is 1. The molecular weight excluding hydrogens is 300 g/mol. The maximum atomic E-state index is 12.2. The molecule has 0 radical (unpaired) electrons. The molecule has 0 heterocycles. The molecule has 6 heteroatoms. The molecule has 0 aliphatic heterocycles. The molecule has 6 nitrogen and oxygen atoms in total. The summed E-state index contributed by atoms with van der Waals surface area (Å²) in [6.45, 7) is 4.14. The first-order chi connectivity index (χ1) is 10.6. The van der Waals surface area contributed by atoms with Crippen LogP contribution in [0.1, 0.15) is 72.1 Å². The van der Waals surface area contributed by atoms with Crippen LogP contribution in [0.2, 0.25) is 0 Å². The summed E-state index contributed by atoms with van der Waals surface area (Å²) >= 11 is 0. The lowest BCUT2D eigenvalue weighted by atomic mass is 9.71. The first kappa shape index (κ1) is 21.1. The molecule has 130 valence electrons. The highest BCUT2D eigenvalue weighted by atomic mass is 16.4. The maximum Gasteiger partial charge on any atom is 0.303 e. The number of hydrogen-bond donors (Lipinski definition) is 1. The summed E-state index contributed by atoms with van der Waals surface area (Å²) < 4.78 is 0. The zero-order chi connectivity index (χ0) is 18.0. The molecule has 0 fully saturated rings. The van der Waals surface area contributed by atoms with E-state index in [1.165, 1.54) is 20.8 Å². The molecular formula is C17H26O6. The van der Waals surface area contributed by atoms with Gasteiger partial charge in [-0.15, -0.1) is 0 Å². The zero-order valence-electron chi connectivity index (χ0n) is 14.1. The van der Waals surface area contributed by atoms with Gasteiger partial charge in [-0.3, -0.25) is 9.59 Å². The Kier molecular flexibility index (Phi) is 9.22. The van der Waals surface area contributed by atoms with Gasteiger partial charge in [-0.2, -0.15) is 0 Å². The van der Waals surface area contributed by atoms with Crippen molar-refractivity contribution < 1.29 is 29.1 Å². The smallest absolute Gasteiger partial charge is 0.303 e. The first-order valence-corrected chi connectivity index (χ1v) is 7.78. The summed E-state index contributed by atoms with van der Waals surface area (Å²) in [5.41, 5.74) is -0.937. The third-order valence-electron chi connectivity index (χ3n) is 3.54. The van der Waals surface area contributed by atoms with Crippen LogP contribution in [0.25, 0.3) is 0 Å². The second kappa shape index (κ2) is 10.0. The molecule has 1 N–H and O–H groups in total. The molecule has 0 aromatic carbocycles. The third kappa shape index (κ3) is 10.5. The van der Waals surface area contributed by atoms with Gasteiger partial charge in [-0.05, 0) is 39.0 Å². The second-order valence-electron chi connectivity index (χ2n) is 6.45. The Morgan fingerprint density at radius 1 is 0.696 bits per heavy atom. The van der Waals surface area contributed by atoms with Crippen molar-refractivity contribution in [2.45, 2.75) is 72.1 Å². The normalized spacial score (nSPS) is 11.1. The Labute approximate surface area is 136 Å². The predicted molar refractivity (Wildman–Crippen MR) is 84.1 cm³/mol. The Bertz CT molecular complexity index is 437. The standard InChI is InChI=1S/C17H26O6/c1-12(18)8-17(9-13(2)19,10-14(3)20)11-15(21)6-4-5-7-16(22)23/h4-11H2,1-3H3,(H,22,23). The van der Waals surface area contributed by atoms with Crippen LogP contribution in [-0.2, 0) is 24.0 Å². The van der Waals surface area contributed by atoms with E-state index in [2.05, 4.69) is 0 Å². The van der Waals surface area contributed by atoms with E-state index in [1.54, 1.807) is 0 Å². The number of hydrogen-bond acceptors (Lipinski definition) is 5. The molecule has 0 unspecified atom stereocenters. The average Bonchev–Trinajstić information content (AvgIpc) is 2.31. The molecule has 0 aliphatic carbocycles. The van der Waals surface area contributed by atoms with E-state index >= 15 is 0 Å². The number of aliphatic carboxylic acids is 1. The van der Waals surface area contributed by atoms with Crippen LogP contribution >= 0.6 is 0 Å². The van der Waals surface area contributed by atoms with Crippen LogP contribution in [0, 0.1) is 5.41 Å². The van der Waals surface area contributed by atoms with Gasteiger partial charge in [-0.1, -0.05) is 0 Å². The highest BCUT2D eigenvalue weighted by Crippen LogP contribution is 2.37. The quantitative estimate of drug-likeness (QED) is 0.521. The molecule has 0 aromatic heterocycles. The molecule has 23 heavy (non-hydrogen) atoms. The highest BCUT2D eigenvalue weighted by molar-refractivity contribution is 5.87. The summed E-state index contributed by atoms with van der Waals surface area (Å²) in [5.74, 6) is -1.53. The summed E-state index contributed by atoms with van der Waals surface area (Å²) in [4.78, 5) is 57.2. The zero-order valence-corrected chi connectivity index (χ0v) is 14.1. The largest absolute Gasteiger partial charge is 0.481 e. The van der Waals surface area contributed by atoms with Gasteiger partial charge in [0.05, 0.1) is 0 Å². The summed E-state index contributed by atoms with van der Waals surface area (Å²) in [7, 11) is 0. The van der Waals surface area contributed by atoms with Crippen molar-refractivity contribution in [3.63, 3.8) is 0 Å². The van der Waals surface area contributed by atoms with Crippen LogP contribution in [0.3, 0.4) is 0 Å². The Balaban J connectivity index is 4.91. The van der Waals surface area contributed by atoms with E-state index in [4.69, 9.17) is 5.11 Å². The van der Waals surface area contributed by atoms with Crippen molar-refractivity contribution in [2.24, 2.45) is 5.41 Å². The molecule has 0 bridgehead atoms. The molecule has 0 aromatic rings. The number of ketones is 4. The maximum absolute atomic E-state index is 12.2. The molecule has 0 atom stereocenters. The lowest BCUT2D eigenvalue weighted by molar-refractivity contribution is -0.137. The van der Waals surface area contributed by atoms with Crippen LogP contribution in [0.5, 0.6) is 0 Å². The fourth-order valence-corrected chi connectivity index (χ4v) is 3.06. The van der Waals surface area contributed by atoms with Gasteiger partial charge in [0.2, 0.25) is 0 Å². The van der Waals surface area contributed by atoms with E-state index < -0.39 is 11.4 Å². The van der Waals surface area contributed by atoms with Crippen molar-refractivity contribution in [1.29, 1.82) is 0 Å². The fraction of sp³-hybridized carbons (Fsp3) is 0.706. The number of unbranched alkanes of at least 4 members (excludes halogenated alkanes) is 1. The molecule has 0 saturated heterocycles. The van der Waals surface area contributed by atoms with Crippen molar-refractivity contribution in [1.82, 2.24) is 0 Å². The second-order valence-corrected chi connectivity index (χ2v) is 6.45. The minimum Gasteiger partial charge on any atom is -0.481 e. The van der Waals surface area contributed by atoms with Gasteiger partial charge in [0.1, 0.15) is 23.1 Å². The third-order valence-corrected chi connectivity index (χ3v) is 3.54. The van der Waals surface area contributed by atoms with Crippen LogP contribution in [0.15, 0.2) is 0 Å². The van der Waals surface area contributed by atoms with Gasteiger partial charge >= 0.3 is 5.97 Å². The van der Waals surface area contributed by atoms with E-state index in [0.29, 0.717) is 12.8 Å². The number of carbonyl (C=O) groups excluding carboxylic acids is 4. The minimum absolute atomic E-state index is 0.00118. The van der Waals surface area contributed by atoms with Crippen molar-refractivity contribution in [2.75, 3.05) is 0 Å². The molecule has 0 amide bonds. The van der Waals surface area contributed by atoms with Gasteiger partial charge in [0, 0.05) is 38.5 Å². The summed E-state index contributed by atoms with van der Waals surface area (Å²) in [6, 6.07) is 0.